The van der Waals surface area contributed by atoms with Crippen LogP contribution in [0.3, 0.4) is 0 Å². The van der Waals surface area contributed by atoms with E-state index < -0.39 is 0 Å². The molecule has 1 N–H and O–H groups in total. The van der Waals surface area contributed by atoms with Crippen molar-refractivity contribution in [2.45, 2.75) is 38.8 Å². The zero-order chi connectivity index (χ0) is 15.1. The number of carbonyl (C=O) groups excluding carboxylic acids is 1. The van der Waals surface area contributed by atoms with Crippen molar-refractivity contribution >= 4 is 5.97 Å². The Bertz CT molecular complexity index is 462. The summed E-state index contributed by atoms with van der Waals surface area (Å²) in [6, 6.07) is 8.35. The summed E-state index contributed by atoms with van der Waals surface area (Å²) >= 11 is 0. The second kappa shape index (κ2) is 8.15. The van der Waals surface area contributed by atoms with Crippen molar-refractivity contribution in [3.63, 3.8) is 0 Å². The number of unbranched alkanes of at least 4 members (excludes halogenated alkanes) is 1. The van der Waals surface area contributed by atoms with Gasteiger partial charge in [-0.1, -0.05) is 31.9 Å². The molecule has 1 unspecified atom stereocenters. The molecule has 0 bridgehead atoms. The maximum atomic E-state index is 11.6. The van der Waals surface area contributed by atoms with Crippen LogP contribution in [0, 0.1) is 0 Å². The van der Waals surface area contributed by atoms with Crippen LogP contribution in [0.1, 0.15) is 42.1 Å². The Morgan fingerprint density at radius 3 is 3.10 bits per heavy atom. The Balaban J connectivity index is 1.93. The molecule has 21 heavy (non-hydrogen) atoms. The molecule has 1 aromatic carbocycles. The summed E-state index contributed by atoms with van der Waals surface area (Å²) in [6.07, 6.45) is 3.78. The van der Waals surface area contributed by atoms with E-state index in [4.69, 9.17) is 4.74 Å². The SMILES string of the molecule is CCCCC1CN(Cc2cccc(C(=O)OC)c2)CCN1. The van der Waals surface area contributed by atoms with Gasteiger partial charge < -0.3 is 10.1 Å². The standard InChI is InChI=1S/C17H26N2O2/c1-3-4-8-16-13-19(10-9-18-16)12-14-6-5-7-15(11-14)17(20)21-2/h5-7,11,16,18H,3-4,8-10,12-13H2,1-2H3. The summed E-state index contributed by atoms with van der Waals surface area (Å²) in [5, 5.41) is 3.59. The summed E-state index contributed by atoms with van der Waals surface area (Å²) in [6.45, 7) is 6.33. The van der Waals surface area contributed by atoms with Gasteiger partial charge in [0, 0.05) is 32.2 Å². The first-order valence-electron chi connectivity index (χ1n) is 7.86. The highest BCUT2D eigenvalue weighted by atomic mass is 16.5. The molecule has 1 saturated heterocycles. The number of rotatable bonds is 6. The Morgan fingerprint density at radius 1 is 1.48 bits per heavy atom. The molecule has 0 spiro atoms. The first-order chi connectivity index (χ1) is 10.2. The monoisotopic (exact) mass is 290 g/mol. The summed E-state index contributed by atoms with van der Waals surface area (Å²) in [5.74, 6) is -0.266. The van der Waals surface area contributed by atoms with Gasteiger partial charge in [0.1, 0.15) is 0 Å². The first kappa shape index (κ1) is 16.0. The van der Waals surface area contributed by atoms with Gasteiger partial charge in [-0.05, 0) is 24.1 Å². The Hall–Kier alpha value is -1.39. The number of carbonyl (C=O) groups is 1. The number of nitrogens with one attached hydrogen (secondary N) is 1. The van der Waals surface area contributed by atoms with Crippen LogP contribution in [0.25, 0.3) is 0 Å². The van der Waals surface area contributed by atoms with E-state index >= 15 is 0 Å². The zero-order valence-electron chi connectivity index (χ0n) is 13.1. The van der Waals surface area contributed by atoms with E-state index in [0.717, 1.165) is 26.2 Å². The topological polar surface area (TPSA) is 41.6 Å². The number of piperazine rings is 1. The molecule has 0 aromatic heterocycles. The predicted octanol–water partition coefficient (Wildman–Crippen LogP) is 2.44. The normalized spacial score (nSPS) is 19.4. The van der Waals surface area contributed by atoms with Crippen LogP contribution in [-0.2, 0) is 11.3 Å². The maximum Gasteiger partial charge on any atom is 0.337 e. The molecule has 4 heteroatoms. The molecule has 4 nitrogen and oxygen atoms in total. The average molecular weight is 290 g/mol. The molecular formula is C17H26N2O2. The lowest BCUT2D eigenvalue weighted by Gasteiger charge is -2.33. The second-order valence-electron chi connectivity index (χ2n) is 5.72. The molecule has 1 fully saturated rings. The fourth-order valence-corrected chi connectivity index (χ4v) is 2.85. The van der Waals surface area contributed by atoms with Gasteiger partial charge in [0.2, 0.25) is 0 Å². The molecule has 1 heterocycles. The summed E-state index contributed by atoms with van der Waals surface area (Å²) in [5.41, 5.74) is 1.81. The molecular weight excluding hydrogens is 264 g/mol. The van der Waals surface area contributed by atoms with Crippen molar-refractivity contribution in [3.8, 4) is 0 Å². The van der Waals surface area contributed by atoms with E-state index in [1.165, 1.54) is 31.9 Å². The van der Waals surface area contributed by atoms with E-state index in [0.29, 0.717) is 11.6 Å². The number of nitrogens with zero attached hydrogens (tertiary/aromatic N) is 1. The molecule has 0 radical (unpaired) electrons. The van der Waals surface area contributed by atoms with Crippen molar-refractivity contribution in [1.82, 2.24) is 10.2 Å². The van der Waals surface area contributed by atoms with Crippen LogP contribution in [0.4, 0.5) is 0 Å². The number of methoxy groups -OCH3 is 1. The highest BCUT2D eigenvalue weighted by Gasteiger charge is 2.19. The van der Waals surface area contributed by atoms with Gasteiger partial charge in [-0.2, -0.15) is 0 Å². The third-order valence-electron chi connectivity index (χ3n) is 4.00. The van der Waals surface area contributed by atoms with E-state index in [2.05, 4.69) is 23.2 Å². The van der Waals surface area contributed by atoms with Gasteiger partial charge >= 0.3 is 5.97 Å². The van der Waals surface area contributed by atoms with E-state index in [1.807, 2.05) is 12.1 Å². The highest BCUT2D eigenvalue weighted by molar-refractivity contribution is 5.89. The lowest BCUT2D eigenvalue weighted by molar-refractivity contribution is 0.0600. The second-order valence-corrected chi connectivity index (χ2v) is 5.72. The van der Waals surface area contributed by atoms with Crippen LogP contribution in [0.2, 0.25) is 0 Å². The molecule has 1 aliphatic rings. The van der Waals surface area contributed by atoms with E-state index in [-0.39, 0.29) is 5.97 Å². The van der Waals surface area contributed by atoms with Gasteiger partial charge in [0.15, 0.2) is 0 Å². The van der Waals surface area contributed by atoms with E-state index in [9.17, 15) is 4.79 Å². The van der Waals surface area contributed by atoms with Gasteiger partial charge in [0.05, 0.1) is 12.7 Å². The van der Waals surface area contributed by atoms with Gasteiger partial charge in [-0.15, -0.1) is 0 Å². The Morgan fingerprint density at radius 2 is 2.33 bits per heavy atom. The minimum atomic E-state index is -0.266. The fraction of sp³-hybridized carbons (Fsp3) is 0.588. The molecule has 1 atom stereocenters. The lowest BCUT2D eigenvalue weighted by atomic mass is 10.1. The van der Waals surface area contributed by atoms with E-state index in [1.54, 1.807) is 6.07 Å². The molecule has 2 rings (SSSR count). The van der Waals surface area contributed by atoms with Crippen molar-refractivity contribution in [2.24, 2.45) is 0 Å². The summed E-state index contributed by atoms with van der Waals surface area (Å²) in [4.78, 5) is 14.0. The molecule has 1 aliphatic heterocycles. The third kappa shape index (κ3) is 4.83. The van der Waals surface area contributed by atoms with Crippen LogP contribution >= 0.6 is 0 Å². The first-order valence-corrected chi connectivity index (χ1v) is 7.86. The van der Waals surface area contributed by atoms with Crippen molar-refractivity contribution in [3.05, 3.63) is 35.4 Å². The molecule has 0 aliphatic carbocycles. The van der Waals surface area contributed by atoms with Gasteiger partial charge in [-0.25, -0.2) is 4.79 Å². The average Bonchev–Trinajstić information content (AvgIpc) is 2.53. The molecule has 116 valence electrons. The largest absolute Gasteiger partial charge is 0.465 e. The van der Waals surface area contributed by atoms with Crippen molar-refractivity contribution < 1.29 is 9.53 Å². The third-order valence-corrected chi connectivity index (χ3v) is 4.00. The minimum absolute atomic E-state index is 0.266. The van der Waals surface area contributed by atoms with Crippen LogP contribution in [0.5, 0.6) is 0 Å². The predicted molar refractivity (Wildman–Crippen MR) is 84.4 cm³/mol. The number of esters is 1. The van der Waals surface area contributed by atoms with Crippen molar-refractivity contribution in [1.29, 1.82) is 0 Å². The van der Waals surface area contributed by atoms with Gasteiger partial charge in [0.25, 0.3) is 0 Å². The number of hydrogen-bond acceptors (Lipinski definition) is 4. The lowest BCUT2D eigenvalue weighted by Crippen LogP contribution is -2.50. The smallest absolute Gasteiger partial charge is 0.337 e. The Labute approximate surface area is 127 Å². The van der Waals surface area contributed by atoms with Crippen molar-refractivity contribution in [2.75, 3.05) is 26.7 Å². The molecule has 0 amide bonds. The zero-order valence-corrected chi connectivity index (χ0v) is 13.1. The molecule has 1 aromatic rings. The van der Waals surface area contributed by atoms with Gasteiger partial charge in [-0.3, -0.25) is 4.90 Å². The Kier molecular flexibility index (Phi) is 6.21. The maximum absolute atomic E-state index is 11.6. The summed E-state index contributed by atoms with van der Waals surface area (Å²) < 4.78 is 4.78. The number of ether oxygens (including phenoxy) is 1. The van der Waals surface area contributed by atoms with Crippen LogP contribution in [-0.4, -0.2) is 43.7 Å². The van der Waals surface area contributed by atoms with Crippen LogP contribution < -0.4 is 5.32 Å². The van der Waals surface area contributed by atoms with Crippen LogP contribution in [0.15, 0.2) is 24.3 Å². The number of hydrogen-bond donors (Lipinski definition) is 1. The highest BCUT2D eigenvalue weighted by Crippen LogP contribution is 2.13. The summed E-state index contributed by atoms with van der Waals surface area (Å²) in [7, 11) is 1.42. The molecule has 0 saturated carbocycles. The quantitative estimate of drug-likeness (QED) is 0.817. The number of benzene rings is 1. The fourth-order valence-electron chi connectivity index (χ4n) is 2.85. The minimum Gasteiger partial charge on any atom is -0.465 e.